The van der Waals surface area contributed by atoms with Gasteiger partial charge in [0.15, 0.2) is 9.84 Å². The Hall–Kier alpha value is -1.15. The number of piperazine rings is 1. The molecule has 8 heteroatoms. The van der Waals surface area contributed by atoms with Crippen LogP contribution in [0.2, 0.25) is 5.02 Å². The molecule has 2 aliphatic heterocycles. The van der Waals surface area contributed by atoms with E-state index in [0.29, 0.717) is 37.0 Å². The second kappa shape index (κ2) is 8.25. The monoisotopic (exact) mass is 399 g/mol. The van der Waals surface area contributed by atoms with Gasteiger partial charge in [-0.3, -0.25) is 14.6 Å². The molecule has 1 aromatic carbocycles. The fourth-order valence-corrected chi connectivity index (χ4v) is 5.71. The van der Waals surface area contributed by atoms with Crippen LogP contribution in [0.25, 0.3) is 0 Å². The Bertz CT molecular complexity index is 748. The van der Waals surface area contributed by atoms with Crippen molar-refractivity contribution < 1.29 is 13.2 Å². The van der Waals surface area contributed by atoms with Crippen LogP contribution in [0.4, 0.5) is 0 Å². The Kier molecular flexibility index (Phi) is 6.22. The van der Waals surface area contributed by atoms with E-state index in [9.17, 15) is 13.2 Å². The lowest BCUT2D eigenvalue weighted by molar-refractivity contribution is -0.134. The lowest BCUT2D eigenvalue weighted by Crippen LogP contribution is -2.53. The van der Waals surface area contributed by atoms with Crippen molar-refractivity contribution >= 4 is 27.3 Å². The van der Waals surface area contributed by atoms with Gasteiger partial charge in [-0.25, -0.2) is 8.42 Å². The van der Waals surface area contributed by atoms with E-state index in [2.05, 4.69) is 4.90 Å². The number of sulfone groups is 1. The lowest BCUT2D eigenvalue weighted by Gasteiger charge is -2.38. The Morgan fingerprint density at radius 2 is 2.00 bits per heavy atom. The molecular formula is C18H26ClN3O3S. The third-order valence-electron chi connectivity index (χ3n) is 5.14. The summed E-state index contributed by atoms with van der Waals surface area (Å²) < 4.78 is 23.3. The van der Waals surface area contributed by atoms with E-state index in [1.807, 2.05) is 41.1 Å². The summed E-state index contributed by atoms with van der Waals surface area (Å²) >= 11 is 6.00. The summed E-state index contributed by atoms with van der Waals surface area (Å²) in [5.41, 5.74) is 1.08. The fourth-order valence-electron chi connectivity index (χ4n) is 3.73. The van der Waals surface area contributed by atoms with E-state index in [1.54, 1.807) is 0 Å². The van der Waals surface area contributed by atoms with Gasteiger partial charge in [0, 0.05) is 43.8 Å². The number of benzene rings is 1. The van der Waals surface area contributed by atoms with E-state index in [4.69, 9.17) is 11.6 Å². The average Bonchev–Trinajstić information content (AvgIpc) is 2.95. The predicted molar refractivity (Wildman–Crippen MR) is 103 cm³/mol. The number of rotatable bonds is 5. The van der Waals surface area contributed by atoms with Crippen molar-refractivity contribution in [2.45, 2.75) is 19.0 Å². The quantitative estimate of drug-likeness (QED) is 0.742. The van der Waals surface area contributed by atoms with Gasteiger partial charge < -0.3 is 4.90 Å². The van der Waals surface area contributed by atoms with Gasteiger partial charge in [-0.2, -0.15) is 0 Å². The van der Waals surface area contributed by atoms with Gasteiger partial charge in [-0.1, -0.05) is 23.7 Å². The highest BCUT2D eigenvalue weighted by atomic mass is 35.5. The summed E-state index contributed by atoms with van der Waals surface area (Å²) in [4.78, 5) is 18.6. The van der Waals surface area contributed by atoms with E-state index >= 15 is 0 Å². The third-order valence-corrected chi connectivity index (χ3v) is 7.12. The van der Waals surface area contributed by atoms with Crippen LogP contribution < -0.4 is 0 Å². The number of likely N-dealkylation sites (N-methyl/N-ethyl adjacent to an activating group) is 1. The highest BCUT2D eigenvalue weighted by molar-refractivity contribution is 7.91. The van der Waals surface area contributed by atoms with Crippen molar-refractivity contribution in [3.63, 3.8) is 0 Å². The van der Waals surface area contributed by atoms with E-state index < -0.39 is 9.84 Å². The van der Waals surface area contributed by atoms with Gasteiger partial charge in [-0.05, 0) is 31.2 Å². The van der Waals surface area contributed by atoms with Crippen LogP contribution in [0.3, 0.4) is 0 Å². The molecule has 0 aromatic heterocycles. The molecule has 1 aromatic rings. The van der Waals surface area contributed by atoms with E-state index in [-0.39, 0.29) is 17.7 Å². The molecular weight excluding hydrogens is 374 g/mol. The van der Waals surface area contributed by atoms with Crippen molar-refractivity contribution in [3.8, 4) is 0 Å². The summed E-state index contributed by atoms with van der Waals surface area (Å²) in [6.45, 7) is 3.88. The van der Waals surface area contributed by atoms with E-state index in [1.165, 1.54) is 0 Å². The first-order valence-electron chi connectivity index (χ1n) is 8.98. The molecule has 0 spiro atoms. The number of carbonyl (C=O) groups is 1. The first-order valence-corrected chi connectivity index (χ1v) is 11.2. The SMILES string of the molecule is CN(CC(=O)N1CCN(C2CCS(=O)(=O)C2)CC1)Cc1cccc(Cl)c1. The highest BCUT2D eigenvalue weighted by Crippen LogP contribution is 2.19. The predicted octanol–water partition coefficient (Wildman–Crippen LogP) is 1.10. The van der Waals surface area contributed by atoms with Crippen LogP contribution in [0, 0.1) is 0 Å². The van der Waals surface area contributed by atoms with Gasteiger partial charge in [0.1, 0.15) is 0 Å². The number of hydrogen-bond acceptors (Lipinski definition) is 5. The number of halogens is 1. The van der Waals surface area contributed by atoms with Gasteiger partial charge >= 0.3 is 0 Å². The standard InChI is InChI=1S/C18H26ClN3O3S/c1-20(12-15-3-2-4-16(19)11-15)13-18(23)22-8-6-21(7-9-22)17-5-10-26(24,25)14-17/h2-4,11,17H,5-10,12-14H2,1H3. The first kappa shape index (κ1) is 19.6. The van der Waals surface area contributed by atoms with Crippen molar-refractivity contribution in [2.75, 3.05) is 51.3 Å². The number of nitrogens with zero attached hydrogens (tertiary/aromatic N) is 3. The van der Waals surface area contributed by atoms with Crippen LogP contribution in [-0.4, -0.2) is 86.3 Å². The largest absolute Gasteiger partial charge is 0.339 e. The zero-order valence-corrected chi connectivity index (χ0v) is 16.7. The van der Waals surface area contributed by atoms with Gasteiger partial charge in [0.25, 0.3) is 0 Å². The second-order valence-corrected chi connectivity index (χ2v) is 9.94. The molecule has 2 fully saturated rings. The molecule has 1 atom stereocenters. The van der Waals surface area contributed by atoms with Crippen LogP contribution >= 0.6 is 11.6 Å². The molecule has 0 N–H and O–H groups in total. The highest BCUT2D eigenvalue weighted by Gasteiger charge is 2.34. The topological polar surface area (TPSA) is 60.9 Å². The molecule has 2 aliphatic rings. The van der Waals surface area contributed by atoms with Crippen LogP contribution in [-0.2, 0) is 21.2 Å². The Morgan fingerprint density at radius 3 is 2.62 bits per heavy atom. The van der Waals surface area contributed by atoms with Crippen LogP contribution in [0.5, 0.6) is 0 Å². The summed E-state index contributed by atoms with van der Waals surface area (Å²) in [6.07, 6.45) is 0.721. The molecule has 26 heavy (non-hydrogen) atoms. The number of hydrogen-bond donors (Lipinski definition) is 0. The minimum absolute atomic E-state index is 0.119. The molecule has 0 bridgehead atoms. The first-order chi connectivity index (χ1) is 12.3. The van der Waals surface area contributed by atoms with Crippen LogP contribution in [0.15, 0.2) is 24.3 Å². The smallest absolute Gasteiger partial charge is 0.236 e. The number of amides is 1. The van der Waals surface area contributed by atoms with E-state index in [0.717, 1.165) is 25.1 Å². The maximum Gasteiger partial charge on any atom is 0.236 e. The summed E-state index contributed by atoms with van der Waals surface area (Å²) in [6, 6.07) is 7.79. The molecule has 0 saturated carbocycles. The zero-order chi connectivity index (χ0) is 18.7. The number of carbonyl (C=O) groups excluding carboxylic acids is 1. The normalized spacial score (nSPS) is 23.5. The Morgan fingerprint density at radius 1 is 1.27 bits per heavy atom. The van der Waals surface area contributed by atoms with Gasteiger partial charge in [-0.15, -0.1) is 0 Å². The molecule has 1 amide bonds. The summed E-state index contributed by atoms with van der Waals surface area (Å²) in [7, 11) is -0.933. The van der Waals surface area contributed by atoms with Crippen molar-refractivity contribution in [2.24, 2.45) is 0 Å². The minimum Gasteiger partial charge on any atom is -0.339 e. The zero-order valence-electron chi connectivity index (χ0n) is 15.1. The molecule has 0 radical (unpaired) electrons. The summed E-state index contributed by atoms with van der Waals surface area (Å²) in [5, 5.41) is 0.701. The van der Waals surface area contributed by atoms with Crippen molar-refractivity contribution in [1.29, 1.82) is 0 Å². The molecule has 0 aliphatic carbocycles. The molecule has 1 unspecified atom stereocenters. The molecule has 2 heterocycles. The Labute approximate surface area is 160 Å². The second-order valence-electron chi connectivity index (χ2n) is 7.28. The van der Waals surface area contributed by atoms with Gasteiger partial charge in [0.2, 0.25) is 5.91 Å². The molecule has 6 nitrogen and oxygen atoms in total. The molecule has 144 valence electrons. The maximum absolute atomic E-state index is 12.5. The molecule has 2 saturated heterocycles. The fraction of sp³-hybridized carbons (Fsp3) is 0.611. The maximum atomic E-state index is 12.5. The van der Waals surface area contributed by atoms with Gasteiger partial charge in [0.05, 0.1) is 18.1 Å². The molecule has 3 rings (SSSR count). The van der Waals surface area contributed by atoms with Crippen LogP contribution in [0.1, 0.15) is 12.0 Å². The average molecular weight is 400 g/mol. The minimum atomic E-state index is -2.86. The lowest BCUT2D eigenvalue weighted by atomic mass is 10.2. The van der Waals surface area contributed by atoms with Crippen molar-refractivity contribution in [1.82, 2.24) is 14.7 Å². The van der Waals surface area contributed by atoms with Crippen molar-refractivity contribution in [3.05, 3.63) is 34.9 Å². The summed E-state index contributed by atoms with van der Waals surface area (Å²) in [5.74, 6) is 0.683. The third kappa shape index (κ3) is 5.19. The Balaban J connectivity index is 1.45.